The molecule has 0 fully saturated rings. The van der Waals surface area contributed by atoms with Crippen molar-refractivity contribution >= 4 is 27.3 Å². The molecule has 0 saturated carbocycles. The minimum Gasteiger partial charge on any atom is -0.309 e. The number of halogens is 1. The molecule has 0 radical (unpaired) electrons. The lowest BCUT2D eigenvalue weighted by Gasteiger charge is -2.27. The highest BCUT2D eigenvalue weighted by Crippen LogP contribution is 2.36. The van der Waals surface area contributed by atoms with Gasteiger partial charge in [-0.3, -0.25) is 0 Å². The van der Waals surface area contributed by atoms with Crippen molar-refractivity contribution in [1.82, 2.24) is 5.32 Å². The Bertz CT molecular complexity index is 554. The summed E-state index contributed by atoms with van der Waals surface area (Å²) in [6, 6.07) is 13.3. The van der Waals surface area contributed by atoms with Gasteiger partial charge in [0.25, 0.3) is 0 Å². The predicted molar refractivity (Wildman–Crippen MR) is 88.1 cm³/mol. The quantitative estimate of drug-likeness (QED) is 0.819. The molecule has 0 aliphatic heterocycles. The first kappa shape index (κ1) is 14.8. The molecule has 3 heteroatoms. The third-order valence-electron chi connectivity index (χ3n) is 3.25. The Hall–Kier alpha value is -0.640. The van der Waals surface area contributed by atoms with Gasteiger partial charge in [-0.15, -0.1) is 11.3 Å². The highest BCUT2D eigenvalue weighted by atomic mass is 79.9. The molecular weight excluding hydrogens is 318 g/mol. The molecule has 0 saturated heterocycles. The monoisotopic (exact) mass is 337 g/mol. The number of thiophene rings is 1. The lowest BCUT2D eigenvalue weighted by Crippen LogP contribution is -2.22. The lowest BCUT2D eigenvalue weighted by atomic mass is 9.81. The van der Waals surface area contributed by atoms with Crippen molar-refractivity contribution in [2.75, 3.05) is 7.05 Å². The average Bonchev–Trinajstić information content (AvgIpc) is 2.76. The Morgan fingerprint density at radius 1 is 1.11 bits per heavy atom. The minimum atomic E-state index is 0.153. The van der Waals surface area contributed by atoms with Crippen molar-refractivity contribution < 1.29 is 0 Å². The van der Waals surface area contributed by atoms with Crippen molar-refractivity contribution in [1.29, 1.82) is 0 Å². The summed E-state index contributed by atoms with van der Waals surface area (Å²) in [4.78, 5) is 1.34. The topological polar surface area (TPSA) is 12.0 Å². The fraction of sp³-hybridized carbons (Fsp3) is 0.375. The molecule has 1 nitrogen and oxygen atoms in total. The highest BCUT2D eigenvalue weighted by molar-refractivity contribution is 9.11. The summed E-state index contributed by atoms with van der Waals surface area (Å²) in [6.45, 7) is 6.80. The van der Waals surface area contributed by atoms with Gasteiger partial charge in [0.1, 0.15) is 0 Å². The van der Waals surface area contributed by atoms with E-state index in [-0.39, 0.29) is 11.5 Å². The molecule has 0 spiro atoms. The molecule has 19 heavy (non-hydrogen) atoms. The van der Waals surface area contributed by atoms with Crippen LogP contribution in [0, 0.1) is 0 Å². The molecule has 0 aliphatic rings. The zero-order chi connectivity index (χ0) is 14.0. The van der Waals surface area contributed by atoms with E-state index < -0.39 is 0 Å². The van der Waals surface area contributed by atoms with Gasteiger partial charge in [0.2, 0.25) is 0 Å². The average molecular weight is 338 g/mol. The SMILES string of the molecule is CNC(c1ccc(Br)s1)c1ccccc1C(C)(C)C. The van der Waals surface area contributed by atoms with Gasteiger partial charge >= 0.3 is 0 Å². The van der Waals surface area contributed by atoms with E-state index in [0.717, 1.165) is 0 Å². The highest BCUT2D eigenvalue weighted by Gasteiger charge is 2.23. The van der Waals surface area contributed by atoms with Crippen molar-refractivity contribution in [3.05, 3.63) is 56.2 Å². The van der Waals surface area contributed by atoms with E-state index in [1.807, 2.05) is 7.05 Å². The molecule has 1 heterocycles. The fourth-order valence-corrected chi connectivity index (χ4v) is 3.92. The molecule has 0 bridgehead atoms. The molecule has 2 aromatic rings. The first-order valence-electron chi connectivity index (χ1n) is 6.45. The van der Waals surface area contributed by atoms with E-state index in [0.29, 0.717) is 0 Å². The maximum atomic E-state index is 3.55. The van der Waals surface area contributed by atoms with Gasteiger partial charge in [-0.25, -0.2) is 0 Å². The van der Waals surface area contributed by atoms with Crippen LogP contribution in [0.4, 0.5) is 0 Å². The molecular formula is C16H20BrNS. The van der Waals surface area contributed by atoms with E-state index in [4.69, 9.17) is 0 Å². The summed E-state index contributed by atoms with van der Waals surface area (Å²) in [6.07, 6.45) is 0. The Kier molecular flexibility index (Phi) is 4.49. The van der Waals surface area contributed by atoms with Crippen LogP contribution < -0.4 is 5.32 Å². The minimum absolute atomic E-state index is 0.153. The third kappa shape index (κ3) is 3.28. The maximum absolute atomic E-state index is 3.55. The van der Waals surface area contributed by atoms with Crippen molar-refractivity contribution in [2.45, 2.75) is 32.2 Å². The summed E-state index contributed by atoms with van der Waals surface area (Å²) in [5.41, 5.74) is 2.92. The molecule has 1 aromatic heterocycles. The molecule has 0 amide bonds. The maximum Gasteiger partial charge on any atom is 0.0702 e. The Morgan fingerprint density at radius 2 is 1.79 bits per heavy atom. The van der Waals surface area contributed by atoms with Crippen LogP contribution >= 0.6 is 27.3 Å². The third-order valence-corrected chi connectivity index (χ3v) is 4.94. The Morgan fingerprint density at radius 3 is 2.32 bits per heavy atom. The second-order valence-electron chi connectivity index (χ2n) is 5.70. The Labute approximate surface area is 128 Å². The number of hydrogen-bond donors (Lipinski definition) is 1. The molecule has 1 aromatic carbocycles. The largest absolute Gasteiger partial charge is 0.309 e. The second kappa shape index (κ2) is 5.78. The van der Waals surface area contributed by atoms with E-state index in [2.05, 4.69) is 78.4 Å². The van der Waals surface area contributed by atoms with Gasteiger partial charge in [-0.2, -0.15) is 0 Å². The summed E-state index contributed by atoms with van der Waals surface area (Å²) in [7, 11) is 2.03. The molecule has 1 atom stereocenters. The van der Waals surface area contributed by atoms with Gasteiger partial charge in [0.05, 0.1) is 9.83 Å². The lowest BCUT2D eigenvalue weighted by molar-refractivity contribution is 0.568. The van der Waals surface area contributed by atoms with Crippen molar-refractivity contribution in [3.8, 4) is 0 Å². The summed E-state index contributed by atoms with van der Waals surface area (Å²) < 4.78 is 1.18. The predicted octanol–water partition coefficient (Wildman–Crippen LogP) is 5.12. The van der Waals surface area contributed by atoms with E-state index >= 15 is 0 Å². The van der Waals surface area contributed by atoms with Crippen LogP contribution in [0.3, 0.4) is 0 Å². The molecule has 1 unspecified atom stereocenters. The molecule has 2 rings (SSSR count). The molecule has 1 N–H and O–H groups in total. The van der Waals surface area contributed by atoms with Crippen LogP contribution in [0.2, 0.25) is 0 Å². The van der Waals surface area contributed by atoms with E-state index in [1.54, 1.807) is 11.3 Å². The number of rotatable bonds is 3. The summed E-state index contributed by atoms with van der Waals surface area (Å²) >= 11 is 5.34. The first-order valence-corrected chi connectivity index (χ1v) is 8.06. The van der Waals surface area contributed by atoms with Gasteiger partial charge in [-0.1, -0.05) is 45.0 Å². The molecule has 0 aliphatic carbocycles. The van der Waals surface area contributed by atoms with Crippen LogP contribution in [-0.4, -0.2) is 7.05 Å². The van der Waals surface area contributed by atoms with E-state index in [9.17, 15) is 0 Å². The van der Waals surface area contributed by atoms with Crippen LogP contribution in [0.5, 0.6) is 0 Å². The Balaban J connectivity index is 2.50. The zero-order valence-corrected chi connectivity index (χ0v) is 14.2. The fourth-order valence-electron chi connectivity index (χ4n) is 2.37. The van der Waals surface area contributed by atoms with Crippen LogP contribution in [0.1, 0.15) is 42.8 Å². The zero-order valence-electron chi connectivity index (χ0n) is 11.8. The normalized spacial score (nSPS) is 13.5. The van der Waals surface area contributed by atoms with Crippen molar-refractivity contribution in [2.24, 2.45) is 0 Å². The number of benzene rings is 1. The standard InChI is InChI=1S/C16H20BrNS/c1-16(2,3)12-8-6-5-7-11(12)15(18-4)13-9-10-14(17)19-13/h5-10,15,18H,1-4H3. The van der Waals surface area contributed by atoms with Crippen molar-refractivity contribution in [3.63, 3.8) is 0 Å². The number of nitrogens with one attached hydrogen (secondary N) is 1. The molecule has 102 valence electrons. The van der Waals surface area contributed by atoms with Gasteiger partial charge < -0.3 is 5.32 Å². The van der Waals surface area contributed by atoms with Crippen LogP contribution in [0.15, 0.2) is 40.2 Å². The van der Waals surface area contributed by atoms with E-state index in [1.165, 1.54) is 19.8 Å². The summed E-state index contributed by atoms with van der Waals surface area (Å²) in [5, 5.41) is 3.45. The van der Waals surface area contributed by atoms with Gasteiger partial charge in [0.15, 0.2) is 0 Å². The number of hydrogen-bond acceptors (Lipinski definition) is 2. The van der Waals surface area contributed by atoms with Gasteiger partial charge in [-0.05, 0) is 51.7 Å². The second-order valence-corrected chi connectivity index (χ2v) is 8.20. The van der Waals surface area contributed by atoms with Crippen LogP contribution in [-0.2, 0) is 5.41 Å². The van der Waals surface area contributed by atoms with Gasteiger partial charge in [0, 0.05) is 4.88 Å². The van der Waals surface area contributed by atoms with Crippen LogP contribution in [0.25, 0.3) is 0 Å². The smallest absolute Gasteiger partial charge is 0.0702 e. The summed E-state index contributed by atoms with van der Waals surface area (Å²) in [5.74, 6) is 0. The first-order chi connectivity index (χ1) is 8.93.